The summed E-state index contributed by atoms with van der Waals surface area (Å²) in [7, 11) is 0. The van der Waals surface area contributed by atoms with Crippen molar-refractivity contribution in [1.29, 1.82) is 0 Å². The third-order valence-electron chi connectivity index (χ3n) is 1.66. The highest BCUT2D eigenvalue weighted by atomic mass is 127. The van der Waals surface area contributed by atoms with Crippen molar-refractivity contribution < 1.29 is 5.11 Å². The predicted octanol–water partition coefficient (Wildman–Crippen LogP) is 3.50. The molecule has 2 aromatic rings. The van der Waals surface area contributed by atoms with Gasteiger partial charge in [0.25, 0.3) is 0 Å². The standard InChI is InChI=1S/C8H5IOS2/c9-5-3-6-4(1-2-12-6)8(11)7(5)10/h1-3,10-11H. The van der Waals surface area contributed by atoms with Crippen LogP contribution >= 0.6 is 46.6 Å². The lowest BCUT2D eigenvalue weighted by Crippen LogP contribution is -1.76. The van der Waals surface area contributed by atoms with Crippen LogP contribution in [0.25, 0.3) is 10.1 Å². The van der Waals surface area contributed by atoms with Crippen LogP contribution in [0.4, 0.5) is 0 Å². The molecule has 12 heavy (non-hydrogen) atoms. The molecule has 0 aliphatic heterocycles. The summed E-state index contributed by atoms with van der Waals surface area (Å²) in [4.78, 5) is 0.679. The fraction of sp³-hybridized carbons (Fsp3) is 0. The highest BCUT2D eigenvalue weighted by Crippen LogP contribution is 2.36. The Morgan fingerprint density at radius 3 is 3.00 bits per heavy atom. The monoisotopic (exact) mass is 308 g/mol. The van der Waals surface area contributed by atoms with Crippen LogP contribution in [-0.2, 0) is 0 Å². The van der Waals surface area contributed by atoms with Gasteiger partial charge in [-0.25, -0.2) is 0 Å². The van der Waals surface area contributed by atoms with Gasteiger partial charge in [0.05, 0.1) is 8.47 Å². The molecule has 0 saturated carbocycles. The van der Waals surface area contributed by atoms with Crippen molar-refractivity contribution in [2.24, 2.45) is 0 Å². The average molecular weight is 308 g/mol. The molecule has 0 bridgehead atoms. The predicted molar refractivity (Wildman–Crippen MR) is 63.5 cm³/mol. The SMILES string of the molecule is Oc1c(I)cc2sccc2c1S. The van der Waals surface area contributed by atoms with E-state index in [0.717, 1.165) is 8.96 Å². The number of phenols is 1. The number of rotatable bonds is 0. The Balaban J connectivity index is 2.94. The minimum Gasteiger partial charge on any atom is -0.506 e. The van der Waals surface area contributed by atoms with Crippen LogP contribution in [0, 0.1) is 3.57 Å². The van der Waals surface area contributed by atoms with E-state index in [1.807, 2.05) is 17.5 Å². The molecule has 0 spiro atoms. The van der Waals surface area contributed by atoms with Crippen LogP contribution in [0.1, 0.15) is 0 Å². The second kappa shape index (κ2) is 3.08. The maximum absolute atomic E-state index is 9.54. The number of halogens is 1. The topological polar surface area (TPSA) is 20.2 Å². The normalized spacial score (nSPS) is 10.8. The maximum Gasteiger partial charge on any atom is 0.142 e. The first-order chi connectivity index (χ1) is 5.70. The average Bonchev–Trinajstić information content (AvgIpc) is 2.48. The Morgan fingerprint density at radius 1 is 1.50 bits per heavy atom. The highest BCUT2D eigenvalue weighted by molar-refractivity contribution is 14.1. The van der Waals surface area contributed by atoms with Gasteiger partial charge in [-0.2, -0.15) is 0 Å². The third kappa shape index (κ3) is 1.22. The largest absolute Gasteiger partial charge is 0.506 e. The Kier molecular flexibility index (Phi) is 2.22. The first-order valence-electron chi connectivity index (χ1n) is 3.28. The van der Waals surface area contributed by atoms with Crippen molar-refractivity contribution in [2.75, 3.05) is 0 Å². The smallest absolute Gasteiger partial charge is 0.142 e. The molecule has 1 aromatic carbocycles. The fourth-order valence-corrected chi connectivity index (χ4v) is 3.28. The van der Waals surface area contributed by atoms with Gasteiger partial charge in [-0.05, 0) is 40.1 Å². The van der Waals surface area contributed by atoms with E-state index in [0.29, 0.717) is 4.90 Å². The van der Waals surface area contributed by atoms with Crippen molar-refractivity contribution in [3.8, 4) is 5.75 Å². The number of benzene rings is 1. The van der Waals surface area contributed by atoms with Crippen molar-refractivity contribution in [2.45, 2.75) is 4.90 Å². The van der Waals surface area contributed by atoms with Crippen molar-refractivity contribution in [1.82, 2.24) is 0 Å². The van der Waals surface area contributed by atoms with Crippen LogP contribution in [-0.4, -0.2) is 5.11 Å². The van der Waals surface area contributed by atoms with Crippen molar-refractivity contribution in [3.63, 3.8) is 0 Å². The highest BCUT2D eigenvalue weighted by Gasteiger charge is 2.07. The quantitative estimate of drug-likeness (QED) is 0.564. The molecule has 0 aliphatic carbocycles. The molecule has 0 saturated heterocycles. The summed E-state index contributed by atoms with van der Waals surface area (Å²) in [5.41, 5.74) is 0. The second-order valence-corrected chi connectivity index (χ2v) is 4.95. The molecule has 2 rings (SSSR count). The minimum atomic E-state index is 0.282. The molecule has 0 radical (unpaired) electrons. The lowest BCUT2D eigenvalue weighted by Gasteiger charge is -2.01. The number of hydrogen-bond acceptors (Lipinski definition) is 3. The summed E-state index contributed by atoms with van der Waals surface area (Å²) in [5, 5.41) is 12.6. The Hall–Kier alpha value is 0.0600. The first kappa shape index (κ1) is 8.65. The molecule has 1 aromatic heterocycles. The fourth-order valence-electron chi connectivity index (χ4n) is 1.05. The van der Waals surface area contributed by atoms with Gasteiger partial charge >= 0.3 is 0 Å². The van der Waals surface area contributed by atoms with E-state index in [1.54, 1.807) is 11.3 Å². The maximum atomic E-state index is 9.54. The zero-order valence-electron chi connectivity index (χ0n) is 5.91. The van der Waals surface area contributed by atoms with Crippen LogP contribution in [0.2, 0.25) is 0 Å². The van der Waals surface area contributed by atoms with Crippen molar-refractivity contribution in [3.05, 3.63) is 21.1 Å². The molecule has 0 unspecified atom stereocenters. The number of aromatic hydroxyl groups is 1. The summed E-state index contributed by atoms with van der Waals surface area (Å²) < 4.78 is 2.02. The zero-order chi connectivity index (χ0) is 8.72. The van der Waals surface area contributed by atoms with Gasteiger partial charge < -0.3 is 5.11 Å². The molecule has 0 aliphatic rings. The molecule has 0 fully saturated rings. The van der Waals surface area contributed by atoms with E-state index >= 15 is 0 Å². The zero-order valence-corrected chi connectivity index (χ0v) is 9.78. The van der Waals surface area contributed by atoms with Crippen LogP contribution in [0.5, 0.6) is 5.75 Å². The molecular formula is C8H5IOS2. The van der Waals surface area contributed by atoms with Gasteiger partial charge in [0.1, 0.15) is 5.75 Å². The summed E-state index contributed by atoms with van der Waals surface area (Å²) in [6, 6.07) is 3.94. The van der Waals surface area contributed by atoms with Gasteiger partial charge in [-0.3, -0.25) is 0 Å². The van der Waals surface area contributed by atoms with E-state index in [-0.39, 0.29) is 5.75 Å². The molecule has 1 N–H and O–H groups in total. The van der Waals surface area contributed by atoms with E-state index in [9.17, 15) is 5.11 Å². The second-order valence-electron chi connectivity index (χ2n) is 2.39. The van der Waals surface area contributed by atoms with E-state index in [2.05, 4.69) is 35.2 Å². The van der Waals surface area contributed by atoms with E-state index in [1.165, 1.54) is 4.70 Å². The van der Waals surface area contributed by atoms with Crippen LogP contribution in [0.15, 0.2) is 22.4 Å². The van der Waals surface area contributed by atoms with Gasteiger partial charge in [0, 0.05) is 10.1 Å². The van der Waals surface area contributed by atoms with Gasteiger partial charge in [-0.1, -0.05) is 0 Å². The van der Waals surface area contributed by atoms with Gasteiger partial charge in [0.15, 0.2) is 0 Å². The van der Waals surface area contributed by atoms with Gasteiger partial charge in [0.2, 0.25) is 0 Å². The number of thiol groups is 1. The first-order valence-corrected chi connectivity index (χ1v) is 5.68. The molecule has 62 valence electrons. The molecule has 0 atom stereocenters. The Morgan fingerprint density at radius 2 is 2.25 bits per heavy atom. The number of fused-ring (bicyclic) bond motifs is 1. The lowest BCUT2D eigenvalue weighted by molar-refractivity contribution is 0.460. The van der Waals surface area contributed by atoms with E-state index in [4.69, 9.17) is 0 Å². The Labute approximate surface area is 93.0 Å². The summed E-state index contributed by atoms with van der Waals surface area (Å²) >= 11 is 8.01. The van der Waals surface area contributed by atoms with E-state index < -0.39 is 0 Å². The summed E-state index contributed by atoms with van der Waals surface area (Å²) in [6.45, 7) is 0. The number of hydrogen-bond donors (Lipinski definition) is 2. The lowest BCUT2D eigenvalue weighted by atomic mass is 10.2. The van der Waals surface area contributed by atoms with Crippen LogP contribution < -0.4 is 0 Å². The molecule has 4 heteroatoms. The number of thiophene rings is 1. The molecular weight excluding hydrogens is 303 g/mol. The van der Waals surface area contributed by atoms with Gasteiger partial charge in [-0.15, -0.1) is 24.0 Å². The van der Waals surface area contributed by atoms with Crippen molar-refractivity contribution >= 4 is 56.6 Å². The summed E-state index contributed by atoms with van der Waals surface area (Å²) in [5.74, 6) is 0.282. The molecule has 1 heterocycles. The molecule has 0 amide bonds. The third-order valence-corrected chi connectivity index (χ3v) is 3.80. The Bertz CT molecular complexity index is 436. The van der Waals surface area contributed by atoms with Crippen LogP contribution in [0.3, 0.4) is 0 Å². The molecule has 1 nitrogen and oxygen atoms in total. The summed E-state index contributed by atoms with van der Waals surface area (Å²) in [6.07, 6.45) is 0. The minimum absolute atomic E-state index is 0.282. The number of phenolic OH excluding ortho intramolecular Hbond substituents is 1.